The fourth-order valence-electron chi connectivity index (χ4n) is 2.51. The van der Waals surface area contributed by atoms with Crippen LogP contribution in [0.3, 0.4) is 0 Å². The molecular weight excluding hydrogens is 304 g/mol. The first-order valence-electron chi connectivity index (χ1n) is 7.40. The highest BCUT2D eigenvalue weighted by atomic mass is 32.1. The van der Waals surface area contributed by atoms with Gasteiger partial charge in [-0.2, -0.15) is 5.10 Å². The predicted molar refractivity (Wildman–Crippen MR) is 102 cm³/mol. The molecule has 0 saturated heterocycles. The molecular formula is C18H18N4S. The number of hydrogen-bond acceptors (Lipinski definition) is 3. The average molecular weight is 322 g/mol. The van der Waals surface area contributed by atoms with Crippen LogP contribution in [0.1, 0.15) is 13.8 Å². The van der Waals surface area contributed by atoms with E-state index in [0.717, 1.165) is 33.2 Å². The fourth-order valence-corrected chi connectivity index (χ4v) is 2.65. The largest absolute Gasteiger partial charge is 0.330 e. The highest BCUT2D eigenvalue weighted by Crippen LogP contribution is 2.30. The average Bonchev–Trinajstić information content (AvgIpc) is 2.53. The van der Waals surface area contributed by atoms with E-state index in [1.807, 2.05) is 69.4 Å². The van der Waals surface area contributed by atoms with E-state index in [9.17, 15) is 0 Å². The third-order valence-electron chi connectivity index (χ3n) is 3.46. The molecule has 4 nitrogen and oxygen atoms in total. The molecule has 23 heavy (non-hydrogen) atoms. The van der Waals surface area contributed by atoms with Gasteiger partial charge < -0.3 is 5.32 Å². The monoisotopic (exact) mass is 322 g/mol. The molecule has 0 atom stereocenters. The lowest BCUT2D eigenvalue weighted by Gasteiger charge is -2.19. The van der Waals surface area contributed by atoms with Gasteiger partial charge in [0.05, 0.1) is 16.7 Å². The number of pyridine rings is 1. The minimum absolute atomic E-state index is 0.549. The zero-order valence-electron chi connectivity index (χ0n) is 13.4. The Morgan fingerprint density at radius 1 is 1.00 bits per heavy atom. The second-order valence-corrected chi connectivity index (χ2v) is 5.91. The summed E-state index contributed by atoms with van der Waals surface area (Å²) in [6.07, 6.45) is 0. The summed E-state index contributed by atoms with van der Waals surface area (Å²) in [7, 11) is 1.84. The van der Waals surface area contributed by atoms with Gasteiger partial charge in [-0.15, -0.1) is 0 Å². The molecule has 0 radical (unpaired) electrons. The van der Waals surface area contributed by atoms with Gasteiger partial charge in [0, 0.05) is 23.5 Å². The Morgan fingerprint density at radius 3 is 2.04 bits per heavy atom. The van der Waals surface area contributed by atoms with E-state index in [1.165, 1.54) is 0 Å². The van der Waals surface area contributed by atoms with Crippen molar-refractivity contribution in [1.82, 2.24) is 9.99 Å². The number of fused-ring (bicyclic) bond motifs is 2. The Labute approximate surface area is 140 Å². The number of nitrogens with zero attached hydrogens (tertiary/aromatic N) is 3. The van der Waals surface area contributed by atoms with Crippen LogP contribution in [0.2, 0.25) is 0 Å². The van der Waals surface area contributed by atoms with Gasteiger partial charge in [-0.25, -0.2) is 9.99 Å². The van der Waals surface area contributed by atoms with E-state index in [4.69, 9.17) is 17.2 Å². The van der Waals surface area contributed by atoms with Crippen molar-refractivity contribution in [3.8, 4) is 0 Å². The van der Waals surface area contributed by atoms with E-state index in [0.29, 0.717) is 5.11 Å². The van der Waals surface area contributed by atoms with Crippen LogP contribution >= 0.6 is 12.2 Å². The van der Waals surface area contributed by atoms with E-state index < -0.39 is 0 Å². The number of hydrazone groups is 1. The summed E-state index contributed by atoms with van der Waals surface area (Å²) in [5, 5.41) is 12.0. The summed E-state index contributed by atoms with van der Waals surface area (Å²) >= 11 is 5.49. The Bertz CT molecular complexity index is 859. The lowest BCUT2D eigenvalue weighted by molar-refractivity contribution is 0.552. The molecule has 5 heteroatoms. The number of hydrogen-bond donors (Lipinski definition) is 1. The molecule has 3 aromatic rings. The van der Waals surface area contributed by atoms with Crippen molar-refractivity contribution in [2.24, 2.45) is 5.10 Å². The van der Waals surface area contributed by atoms with E-state index >= 15 is 0 Å². The third kappa shape index (κ3) is 3.14. The van der Waals surface area contributed by atoms with Crippen molar-refractivity contribution in [2.75, 3.05) is 12.4 Å². The Morgan fingerprint density at radius 2 is 1.52 bits per heavy atom. The zero-order chi connectivity index (χ0) is 16.4. The molecule has 0 unspecified atom stereocenters. The molecule has 0 aliphatic rings. The molecule has 1 heterocycles. The van der Waals surface area contributed by atoms with Crippen molar-refractivity contribution in [3.05, 3.63) is 48.5 Å². The van der Waals surface area contributed by atoms with E-state index in [2.05, 4.69) is 10.4 Å². The van der Waals surface area contributed by atoms with Crippen LogP contribution in [-0.4, -0.2) is 27.9 Å². The molecule has 0 aliphatic carbocycles. The number of anilines is 1. The van der Waals surface area contributed by atoms with Crippen molar-refractivity contribution in [2.45, 2.75) is 13.8 Å². The Kier molecular flexibility index (Phi) is 4.21. The lowest BCUT2D eigenvalue weighted by Crippen LogP contribution is -2.27. The SMILES string of the molecule is CC(C)=NN(C)C(=S)Nc1c2ccccc2nc2ccccc12. The highest BCUT2D eigenvalue weighted by Gasteiger charge is 2.11. The fraction of sp³-hybridized carbons (Fsp3) is 0.167. The topological polar surface area (TPSA) is 40.5 Å². The molecule has 0 spiro atoms. The highest BCUT2D eigenvalue weighted by molar-refractivity contribution is 7.80. The van der Waals surface area contributed by atoms with Crippen molar-refractivity contribution < 1.29 is 0 Å². The number of para-hydroxylation sites is 2. The summed E-state index contributed by atoms with van der Waals surface area (Å²) in [4.78, 5) is 4.71. The third-order valence-corrected chi connectivity index (χ3v) is 3.83. The molecule has 0 amide bonds. The zero-order valence-corrected chi connectivity index (χ0v) is 14.2. The van der Waals surface area contributed by atoms with Crippen molar-refractivity contribution in [1.29, 1.82) is 0 Å². The normalized spacial score (nSPS) is 10.6. The maximum Gasteiger partial charge on any atom is 0.193 e. The number of aromatic nitrogens is 1. The van der Waals surface area contributed by atoms with Crippen molar-refractivity contribution >= 4 is 50.5 Å². The number of thiocarbonyl (C=S) groups is 1. The molecule has 0 saturated carbocycles. The van der Waals surface area contributed by atoms with Gasteiger partial charge in [0.15, 0.2) is 5.11 Å². The first-order chi connectivity index (χ1) is 11.1. The standard InChI is InChI=1S/C18H18N4S/c1-12(2)21-22(3)18(23)20-17-13-8-4-6-10-15(13)19-16-11-7-5-9-14(16)17/h4-11H,1-3H3,(H,19,20,23). The molecule has 1 N–H and O–H groups in total. The maximum atomic E-state index is 5.49. The van der Waals surface area contributed by atoms with Gasteiger partial charge in [-0.3, -0.25) is 0 Å². The van der Waals surface area contributed by atoms with Gasteiger partial charge in [0.25, 0.3) is 0 Å². The number of nitrogens with one attached hydrogen (secondary N) is 1. The quantitative estimate of drug-likeness (QED) is 0.328. The van der Waals surface area contributed by atoms with Crippen LogP contribution in [0.15, 0.2) is 53.6 Å². The first kappa shape index (κ1) is 15.4. The number of benzene rings is 2. The van der Waals surface area contributed by atoms with E-state index in [1.54, 1.807) is 5.01 Å². The number of rotatable bonds is 2. The summed E-state index contributed by atoms with van der Waals surface area (Å²) in [5.41, 5.74) is 3.79. The molecule has 2 aromatic carbocycles. The van der Waals surface area contributed by atoms with Crippen molar-refractivity contribution in [3.63, 3.8) is 0 Å². The maximum absolute atomic E-state index is 5.49. The molecule has 3 rings (SSSR count). The molecule has 1 aromatic heterocycles. The van der Waals surface area contributed by atoms with Crippen LogP contribution in [-0.2, 0) is 0 Å². The molecule has 0 fully saturated rings. The van der Waals surface area contributed by atoms with Gasteiger partial charge in [-0.05, 0) is 38.2 Å². The first-order valence-corrected chi connectivity index (χ1v) is 7.81. The van der Waals surface area contributed by atoms with Gasteiger partial charge in [0.1, 0.15) is 0 Å². The summed E-state index contributed by atoms with van der Waals surface area (Å²) < 4.78 is 0. The van der Waals surface area contributed by atoms with Crippen LogP contribution in [0.5, 0.6) is 0 Å². The minimum atomic E-state index is 0.549. The second-order valence-electron chi connectivity index (χ2n) is 5.52. The predicted octanol–water partition coefficient (Wildman–Crippen LogP) is 4.41. The van der Waals surface area contributed by atoms with Crippen LogP contribution in [0, 0.1) is 0 Å². The summed E-state index contributed by atoms with van der Waals surface area (Å²) in [6, 6.07) is 16.1. The molecule has 0 bridgehead atoms. The van der Waals surface area contributed by atoms with Gasteiger partial charge >= 0.3 is 0 Å². The lowest BCUT2D eigenvalue weighted by atomic mass is 10.1. The summed E-state index contributed by atoms with van der Waals surface area (Å²) in [6.45, 7) is 3.88. The Balaban J connectivity index is 2.14. The van der Waals surface area contributed by atoms with Crippen LogP contribution in [0.4, 0.5) is 5.69 Å². The van der Waals surface area contributed by atoms with Crippen LogP contribution < -0.4 is 5.32 Å². The van der Waals surface area contributed by atoms with E-state index in [-0.39, 0.29) is 0 Å². The summed E-state index contributed by atoms with van der Waals surface area (Å²) in [5.74, 6) is 0. The molecule has 0 aliphatic heterocycles. The van der Waals surface area contributed by atoms with Crippen LogP contribution in [0.25, 0.3) is 21.8 Å². The Hall–Kier alpha value is -2.53. The second kappa shape index (κ2) is 6.30. The minimum Gasteiger partial charge on any atom is -0.330 e. The van der Waals surface area contributed by atoms with Gasteiger partial charge in [0.2, 0.25) is 0 Å². The molecule has 116 valence electrons. The smallest absolute Gasteiger partial charge is 0.193 e. The van der Waals surface area contributed by atoms with Gasteiger partial charge in [-0.1, -0.05) is 36.4 Å².